The minimum Gasteiger partial charge on any atom is -0.478 e. The minimum absolute atomic E-state index is 0.0598. The van der Waals surface area contributed by atoms with Gasteiger partial charge in [0.25, 0.3) is 0 Å². The summed E-state index contributed by atoms with van der Waals surface area (Å²) in [6.45, 7) is 7.68. The topological polar surface area (TPSA) is 93.2 Å². The van der Waals surface area contributed by atoms with E-state index in [1.165, 1.54) is 6.07 Å². The molecule has 3 aliphatic heterocycles. The molecule has 196 valence electrons. The number of carbonyl (C=O) groups is 1. The monoisotopic (exact) mass is 553 g/mol. The van der Waals surface area contributed by atoms with Gasteiger partial charge in [0, 0.05) is 64.3 Å². The van der Waals surface area contributed by atoms with Crippen molar-refractivity contribution in [3.8, 4) is 11.5 Å². The zero-order valence-electron chi connectivity index (χ0n) is 21.0. The maximum atomic E-state index is 12.6. The van der Waals surface area contributed by atoms with Crippen LogP contribution in [0, 0.1) is 0 Å². The first-order valence-corrected chi connectivity index (χ1v) is 13.5. The Morgan fingerprint density at radius 3 is 2.58 bits per heavy atom. The van der Waals surface area contributed by atoms with Crippen LogP contribution in [-0.2, 0) is 12.8 Å². The molecule has 0 saturated heterocycles. The molecule has 0 radical (unpaired) electrons. The summed E-state index contributed by atoms with van der Waals surface area (Å²) in [6, 6.07) is 9.14. The molecule has 3 aliphatic rings. The molecule has 0 amide bonds. The van der Waals surface area contributed by atoms with Gasteiger partial charge >= 0.3 is 5.97 Å². The number of carboxylic acids is 1. The predicted octanol–water partition coefficient (Wildman–Crippen LogP) is 3.48. The number of ether oxygens (including phenoxy) is 1. The van der Waals surface area contributed by atoms with Gasteiger partial charge in [0.1, 0.15) is 24.6 Å². The van der Waals surface area contributed by atoms with Crippen molar-refractivity contribution in [2.24, 2.45) is 0 Å². The van der Waals surface area contributed by atoms with Gasteiger partial charge in [-0.25, -0.2) is 9.37 Å². The van der Waals surface area contributed by atoms with Crippen molar-refractivity contribution < 1.29 is 24.9 Å². The lowest BCUT2D eigenvalue weighted by atomic mass is 9.86. The molecule has 38 heavy (non-hydrogen) atoms. The number of hydrogen-bond acceptors (Lipinski definition) is 5. The second-order valence-corrected chi connectivity index (χ2v) is 10.5. The van der Waals surface area contributed by atoms with Gasteiger partial charge in [0.15, 0.2) is 6.29 Å². The van der Waals surface area contributed by atoms with E-state index in [1.54, 1.807) is 0 Å². The summed E-state index contributed by atoms with van der Waals surface area (Å²) in [5.74, 6) is 0.107. The smallest absolute Gasteiger partial charge is 0.337 e. The molecule has 0 aliphatic carbocycles. The molecule has 6 rings (SSSR count). The fraction of sp³-hybridized carbons (Fsp3) is 0.310. The normalized spacial score (nSPS) is 15.4. The van der Waals surface area contributed by atoms with E-state index in [1.807, 2.05) is 24.3 Å². The first-order valence-electron chi connectivity index (χ1n) is 12.8. The molecule has 3 aromatic carbocycles. The Labute approximate surface area is 229 Å². The molecule has 9 heteroatoms. The number of hydrogen-bond donors (Lipinski definition) is 3. The number of benzene rings is 3. The average Bonchev–Trinajstić information content (AvgIpc) is 3.52. The maximum absolute atomic E-state index is 12.6. The molecule has 0 atom stereocenters. The van der Waals surface area contributed by atoms with Crippen LogP contribution >= 0.6 is 23.2 Å². The highest BCUT2D eigenvalue weighted by atomic mass is 35.5. The summed E-state index contributed by atoms with van der Waals surface area (Å²) >= 11 is 13.3. The van der Waals surface area contributed by atoms with Crippen LogP contribution in [-0.4, -0.2) is 47.5 Å². The third-order valence-corrected chi connectivity index (χ3v) is 8.61. The molecular weight excluding hydrogens is 527 g/mol. The van der Waals surface area contributed by atoms with Gasteiger partial charge in [-0.05, 0) is 44.5 Å². The zero-order chi connectivity index (χ0) is 26.9. The quantitative estimate of drug-likeness (QED) is 0.259. The van der Waals surface area contributed by atoms with E-state index < -0.39 is 12.3 Å². The van der Waals surface area contributed by atoms with Gasteiger partial charge in [-0.15, -0.1) is 0 Å². The van der Waals surface area contributed by atoms with E-state index in [-0.39, 0.29) is 26.7 Å². The first-order chi connectivity index (χ1) is 18.3. The molecule has 0 fully saturated rings. The highest BCUT2D eigenvalue weighted by Gasteiger charge is 2.35. The van der Waals surface area contributed by atoms with E-state index in [0.29, 0.717) is 27.9 Å². The largest absolute Gasteiger partial charge is 0.478 e. The Morgan fingerprint density at radius 1 is 1.11 bits per heavy atom. The lowest BCUT2D eigenvalue weighted by molar-refractivity contribution is -0.0424. The third-order valence-electron chi connectivity index (χ3n) is 7.91. The van der Waals surface area contributed by atoms with Crippen molar-refractivity contribution in [3.05, 3.63) is 84.3 Å². The van der Waals surface area contributed by atoms with E-state index in [9.17, 15) is 20.1 Å². The van der Waals surface area contributed by atoms with Crippen LogP contribution in [0.4, 0.5) is 5.69 Å². The van der Waals surface area contributed by atoms with E-state index in [0.717, 1.165) is 61.2 Å². The van der Waals surface area contributed by atoms with Crippen LogP contribution in [0.5, 0.6) is 11.5 Å². The average molecular weight is 554 g/mol. The molecule has 7 nitrogen and oxygen atoms in total. The second kappa shape index (κ2) is 9.27. The van der Waals surface area contributed by atoms with Crippen LogP contribution in [0.2, 0.25) is 10.0 Å². The Bertz CT molecular complexity index is 1660. The Morgan fingerprint density at radius 2 is 1.89 bits per heavy atom. The Balaban J connectivity index is 1.80. The number of aliphatic hydroxyl groups excluding tert-OH is 1. The summed E-state index contributed by atoms with van der Waals surface area (Å²) < 4.78 is 9.04. The molecule has 3 heterocycles. The van der Waals surface area contributed by atoms with Crippen molar-refractivity contribution in [1.29, 1.82) is 0 Å². The molecule has 0 unspecified atom stereocenters. The van der Waals surface area contributed by atoms with Crippen LogP contribution in [0.1, 0.15) is 58.3 Å². The van der Waals surface area contributed by atoms with E-state index in [2.05, 4.69) is 23.3 Å². The zero-order valence-corrected chi connectivity index (χ0v) is 22.5. The number of aliphatic hydroxyl groups is 2. The standard InChI is InChI=1S/C29H26Cl2N2O5/c1-3-32-11-9-14-20(32)7-5-16-22(24-23(29(36)37)19(30)13-18(25(24)31)28(34)35)17-6-8-21-15(10-12-33(21)4-2)27(17)38-26(14)16/h5-8,13,28,34-35H,3-4,9-12H2,1-2H3/p+1. The van der Waals surface area contributed by atoms with Gasteiger partial charge in [-0.2, -0.15) is 0 Å². The van der Waals surface area contributed by atoms with E-state index in [4.69, 9.17) is 27.9 Å². The number of anilines is 1. The van der Waals surface area contributed by atoms with Crippen molar-refractivity contribution in [3.63, 3.8) is 0 Å². The SMILES string of the molecule is CCN1CCc2c1ccc1c2Oc2c3c(ccc2=C1c1c(Cl)c(C(O)O)cc(Cl)c1C(=O)O)=[N+](CC)CC3. The number of rotatable bonds is 5. The molecule has 0 saturated carbocycles. The summed E-state index contributed by atoms with van der Waals surface area (Å²) in [5.41, 5.74) is 4.38. The number of aromatic carboxylic acids is 1. The van der Waals surface area contributed by atoms with Gasteiger partial charge < -0.3 is 25.0 Å². The molecule has 0 spiro atoms. The summed E-state index contributed by atoms with van der Waals surface area (Å²) in [6.07, 6.45) is -0.348. The van der Waals surface area contributed by atoms with Gasteiger partial charge in [0.2, 0.25) is 5.36 Å². The number of nitrogens with zero attached hydrogens (tertiary/aromatic N) is 2. The van der Waals surface area contributed by atoms with Gasteiger partial charge in [-0.1, -0.05) is 23.2 Å². The highest BCUT2D eigenvalue weighted by molar-refractivity contribution is 6.38. The predicted molar refractivity (Wildman–Crippen MR) is 146 cm³/mol. The summed E-state index contributed by atoms with van der Waals surface area (Å²) in [5, 5.41) is 32.0. The van der Waals surface area contributed by atoms with E-state index >= 15 is 0 Å². The van der Waals surface area contributed by atoms with Crippen LogP contribution in [0.15, 0.2) is 30.3 Å². The fourth-order valence-electron chi connectivity index (χ4n) is 6.12. The van der Waals surface area contributed by atoms with Crippen LogP contribution in [0.3, 0.4) is 0 Å². The summed E-state index contributed by atoms with van der Waals surface area (Å²) in [7, 11) is 0. The van der Waals surface area contributed by atoms with Crippen molar-refractivity contribution in [1.82, 2.24) is 4.58 Å². The van der Waals surface area contributed by atoms with Crippen LogP contribution in [0.25, 0.3) is 5.57 Å². The molecule has 0 aromatic heterocycles. The lowest BCUT2D eigenvalue weighted by Gasteiger charge is -2.27. The molecule has 3 N–H and O–H groups in total. The van der Waals surface area contributed by atoms with Crippen molar-refractivity contribution in [2.75, 3.05) is 31.1 Å². The number of halogens is 2. The number of fused-ring (bicyclic) bond motifs is 6. The first kappa shape index (κ1) is 25.2. The lowest BCUT2D eigenvalue weighted by Crippen LogP contribution is -2.29. The molecule has 0 bridgehead atoms. The fourth-order valence-corrected chi connectivity index (χ4v) is 6.76. The maximum Gasteiger partial charge on any atom is 0.337 e. The number of carboxylic acid groups (broad SMARTS) is 1. The number of likely N-dealkylation sites (N-methyl/N-ethyl adjacent to an activating group) is 2. The van der Waals surface area contributed by atoms with Gasteiger partial charge in [-0.3, -0.25) is 0 Å². The highest BCUT2D eigenvalue weighted by Crippen LogP contribution is 2.48. The second-order valence-electron chi connectivity index (χ2n) is 9.71. The summed E-state index contributed by atoms with van der Waals surface area (Å²) in [4.78, 5) is 14.8. The van der Waals surface area contributed by atoms with Gasteiger partial charge in [0.05, 0.1) is 21.2 Å². The van der Waals surface area contributed by atoms with Crippen LogP contribution < -0.4 is 24.8 Å². The third kappa shape index (κ3) is 3.57. The minimum atomic E-state index is -1.93. The Hall–Kier alpha value is -3.10. The van der Waals surface area contributed by atoms with Crippen molar-refractivity contribution in [2.45, 2.75) is 33.0 Å². The molecule has 3 aromatic rings. The van der Waals surface area contributed by atoms with Crippen molar-refractivity contribution >= 4 is 40.4 Å². The Kier molecular flexibility index (Phi) is 6.15. The molecular formula is C29H27Cl2N2O5+.